The number of phenolic OH excluding ortho intramolecular Hbond substituents is 1. The van der Waals surface area contributed by atoms with E-state index in [4.69, 9.17) is 20.9 Å². The van der Waals surface area contributed by atoms with Gasteiger partial charge in [-0.3, -0.25) is 4.79 Å². The van der Waals surface area contributed by atoms with E-state index >= 15 is 0 Å². The van der Waals surface area contributed by atoms with Crippen molar-refractivity contribution in [3.63, 3.8) is 0 Å². The summed E-state index contributed by atoms with van der Waals surface area (Å²) in [6, 6.07) is 6.93. The Morgan fingerprint density at radius 2 is 2.16 bits per heavy atom. The predicted molar refractivity (Wildman–Crippen MR) is 124 cm³/mol. The lowest BCUT2D eigenvalue weighted by atomic mass is 9.88. The molecule has 3 atom stereocenters. The number of para-hydroxylation sites is 1. The number of anilines is 1. The number of carbonyl (C=O) groups is 1. The molecule has 2 aliphatic heterocycles. The predicted octanol–water partition coefficient (Wildman–Crippen LogP) is 2.39. The normalized spacial score (nSPS) is 23.6. The summed E-state index contributed by atoms with van der Waals surface area (Å²) in [5, 5.41) is 10.2. The molecule has 0 radical (unpaired) electrons. The molecule has 0 aliphatic carbocycles. The SMILES string of the molecule is C=CC(=O)N1CC(OC)C(c2[nH]c(N)c(/C=C(\N)c3ccccc3O)c2C2CCOC2)C1. The maximum atomic E-state index is 12.2. The minimum absolute atomic E-state index is 0.0738. The molecule has 6 N–H and O–H groups in total. The summed E-state index contributed by atoms with van der Waals surface area (Å²) in [6.45, 7) is 5.85. The van der Waals surface area contributed by atoms with E-state index in [1.54, 1.807) is 30.2 Å². The number of phenols is 1. The summed E-state index contributed by atoms with van der Waals surface area (Å²) in [6.07, 6.45) is 3.82. The number of carbonyl (C=O) groups excluding carboxylic acids is 1. The average molecular weight is 439 g/mol. The van der Waals surface area contributed by atoms with Crippen LogP contribution < -0.4 is 11.5 Å². The first-order valence-corrected chi connectivity index (χ1v) is 10.7. The highest BCUT2D eigenvalue weighted by atomic mass is 16.5. The first kappa shape index (κ1) is 22.0. The smallest absolute Gasteiger partial charge is 0.246 e. The quantitative estimate of drug-likeness (QED) is 0.513. The Labute approximate surface area is 187 Å². The molecule has 2 fully saturated rings. The zero-order valence-electron chi connectivity index (χ0n) is 18.2. The number of hydrogen-bond donors (Lipinski definition) is 4. The van der Waals surface area contributed by atoms with Gasteiger partial charge < -0.3 is 35.9 Å². The summed E-state index contributed by atoms with van der Waals surface area (Å²) in [7, 11) is 1.65. The number of ether oxygens (including phenoxy) is 2. The molecular formula is C24H30N4O4. The van der Waals surface area contributed by atoms with Crippen LogP contribution in [0, 0.1) is 0 Å². The molecular weight excluding hydrogens is 408 g/mol. The van der Waals surface area contributed by atoms with Gasteiger partial charge in [0.2, 0.25) is 5.91 Å². The number of rotatable bonds is 6. The number of aromatic hydroxyl groups is 1. The van der Waals surface area contributed by atoms with E-state index in [9.17, 15) is 9.90 Å². The van der Waals surface area contributed by atoms with Gasteiger partial charge in [-0.2, -0.15) is 0 Å². The summed E-state index contributed by atoms with van der Waals surface area (Å²) < 4.78 is 11.4. The van der Waals surface area contributed by atoms with E-state index in [1.807, 2.05) is 12.1 Å². The lowest BCUT2D eigenvalue weighted by molar-refractivity contribution is -0.125. The van der Waals surface area contributed by atoms with Crippen molar-refractivity contribution < 1.29 is 19.4 Å². The molecule has 0 spiro atoms. The van der Waals surface area contributed by atoms with Gasteiger partial charge in [0.25, 0.3) is 0 Å². The molecule has 8 nitrogen and oxygen atoms in total. The van der Waals surface area contributed by atoms with Gasteiger partial charge in [0.05, 0.1) is 12.7 Å². The van der Waals surface area contributed by atoms with Crippen molar-refractivity contribution in [2.24, 2.45) is 5.73 Å². The van der Waals surface area contributed by atoms with Crippen LogP contribution in [0.1, 0.15) is 40.6 Å². The van der Waals surface area contributed by atoms with Crippen molar-refractivity contribution in [2.45, 2.75) is 24.4 Å². The van der Waals surface area contributed by atoms with Crippen molar-refractivity contribution in [3.8, 4) is 5.75 Å². The fraction of sp³-hybridized carbons (Fsp3) is 0.375. The Kier molecular flexibility index (Phi) is 6.25. The number of nitrogens with one attached hydrogen (secondary N) is 1. The fourth-order valence-electron chi connectivity index (χ4n) is 4.77. The molecule has 8 heteroatoms. The van der Waals surface area contributed by atoms with Crippen LogP contribution in [-0.4, -0.2) is 60.4 Å². The van der Waals surface area contributed by atoms with E-state index in [0.717, 1.165) is 23.2 Å². The molecule has 32 heavy (non-hydrogen) atoms. The third kappa shape index (κ3) is 3.99. The summed E-state index contributed by atoms with van der Waals surface area (Å²) in [5.74, 6) is 0.543. The Hall–Kier alpha value is -3.23. The molecule has 0 bridgehead atoms. The summed E-state index contributed by atoms with van der Waals surface area (Å²) >= 11 is 0. The lowest BCUT2D eigenvalue weighted by Crippen LogP contribution is -2.28. The van der Waals surface area contributed by atoms with Gasteiger partial charge >= 0.3 is 0 Å². The number of H-pyrrole nitrogens is 1. The average Bonchev–Trinajstić information content (AvgIpc) is 3.52. The number of nitrogen functional groups attached to an aromatic ring is 1. The highest BCUT2D eigenvalue weighted by molar-refractivity contribution is 5.88. The van der Waals surface area contributed by atoms with E-state index in [1.165, 1.54) is 6.08 Å². The van der Waals surface area contributed by atoms with Crippen molar-refractivity contribution >= 4 is 23.5 Å². The van der Waals surface area contributed by atoms with Crippen LogP contribution in [0.15, 0.2) is 36.9 Å². The molecule has 4 rings (SSSR count). The van der Waals surface area contributed by atoms with E-state index in [0.29, 0.717) is 43.4 Å². The Bertz CT molecular complexity index is 1040. The minimum atomic E-state index is -0.176. The highest BCUT2D eigenvalue weighted by Crippen LogP contribution is 2.42. The topological polar surface area (TPSA) is 127 Å². The summed E-state index contributed by atoms with van der Waals surface area (Å²) in [5.41, 5.74) is 16.6. The maximum absolute atomic E-state index is 12.2. The van der Waals surface area contributed by atoms with Crippen LogP contribution in [0.25, 0.3) is 11.8 Å². The second-order valence-corrected chi connectivity index (χ2v) is 8.29. The molecule has 2 aliphatic rings. The molecule has 3 unspecified atom stereocenters. The van der Waals surface area contributed by atoms with Gasteiger partial charge in [0, 0.05) is 61.2 Å². The number of likely N-dealkylation sites (tertiary alicyclic amines) is 1. The number of amides is 1. The van der Waals surface area contributed by atoms with Crippen LogP contribution in [-0.2, 0) is 14.3 Å². The van der Waals surface area contributed by atoms with Gasteiger partial charge in [0.1, 0.15) is 11.6 Å². The third-order valence-corrected chi connectivity index (χ3v) is 6.42. The molecule has 1 aromatic heterocycles. The van der Waals surface area contributed by atoms with Crippen molar-refractivity contribution in [3.05, 3.63) is 59.3 Å². The number of aromatic nitrogens is 1. The monoisotopic (exact) mass is 438 g/mol. The van der Waals surface area contributed by atoms with Crippen molar-refractivity contribution in [1.82, 2.24) is 9.88 Å². The molecule has 170 valence electrons. The zero-order chi connectivity index (χ0) is 22.8. The van der Waals surface area contributed by atoms with Crippen molar-refractivity contribution in [2.75, 3.05) is 39.1 Å². The second kappa shape index (κ2) is 9.10. The molecule has 2 saturated heterocycles. The molecule has 3 heterocycles. The van der Waals surface area contributed by atoms with Crippen LogP contribution in [0.4, 0.5) is 5.82 Å². The number of nitrogens with zero attached hydrogens (tertiary/aromatic N) is 1. The van der Waals surface area contributed by atoms with Crippen LogP contribution >= 0.6 is 0 Å². The number of hydrogen-bond acceptors (Lipinski definition) is 6. The second-order valence-electron chi connectivity index (χ2n) is 8.29. The van der Waals surface area contributed by atoms with Crippen LogP contribution in [0.5, 0.6) is 5.75 Å². The highest BCUT2D eigenvalue weighted by Gasteiger charge is 2.40. The Balaban J connectivity index is 1.79. The Morgan fingerprint density at radius 3 is 2.81 bits per heavy atom. The molecule has 1 amide bonds. The van der Waals surface area contributed by atoms with Gasteiger partial charge in [-0.25, -0.2) is 0 Å². The lowest BCUT2D eigenvalue weighted by Gasteiger charge is -2.20. The van der Waals surface area contributed by atoms with Gasteiger partial charge in [-0.1, -0.05) is 18.7 Å². The first-order chi connectivity index (χ1) is 15.4. The standard InChI is InChI=1S/C24H30N4O4/c1-3-21(30)28-11-17(20(12-28)31-2)23-22(14-8-9-32-13-14)16(24(26)27-23)10-18(25)15-6-4-5-7-19(15)29/h3-7,10,14,17,20,27,29H,1,8-9,11-13,25-26H2,2H3/b18-10-. The van der Waals surface area contributed by atoms with E-state index in [-0.39, 0.29) is 29.6 Å². The van der Waals surface area contributed by atoms with Gasteiger partial charge in [-0.15, -0.1) is 0 Å². The number of aromatic amines is 1. The fourth-order valence-corrected chi connectivity index (χ4v) is 4.77. The zero-order valence-corrected chi connectivity index (χ0v) is 18.2. The summed E-state index contributed by atoms with van der Waals surface area (Å²) in [4.78, 5) is 17.3. The number of nitrogens with two attached hydrogens (primary N) is 2. The largest absolute Gasteiger partial charge is 0.507 e. The minimum Gasteiger partial charge on any atom is -0.507 e. The van der Waals surface area contributed by atoms with E-state index < -0.39 is 0 Å². The van der Waals surface area contributed by atoms with Gasteiger partial charge in [-0.05, 0) is 36.3 Å². The van der Waals surface area contributed by atoms with Gasteiger partial charge in [0.15, 0.2) is 0 Å². The molecule has 1 aromatic carbocycles. The molecule has 2 aromatic rings. The van der Waals surface area contributed by atoms with E-state index in [2.05, 4.69) is 11.6 Å². The Morgan fingerprint density at radius 1 is 1.38 bits per heavy atom. The third-order valence-electron chi connectivity index (χ3n) is 6.42. The molecule has 0 saturated carbocycles. The van der Waals surface area contributed by atoms with Crippen molar-refractivity contribution in [1.29, 1.82) is 0 Å². The maximum Gasteiger partial charge on any atom is 0.246 e. The number of methoxy groups -OCH3 is 1. The van der Waals surface area contributed by atoms with Crippen LogP contribution in [0.3, 0.4) is 0 Å². The first-order valence-electron chi connectivity index (χ1n) is 10.7. The van der Waals surface area contributed by atoms with Crippen LogP contribution in [0.2, 0.25) is 0 Å². The number of benzene rings is 1.